The Morgan fingerprint density at radius 3 is 2.43 bits per heavy atom. The molecule has 1 fully saturated rings. The first-order valence-corrected chi connectivity index (χ1v) is 7.59. The SMILES string of the molecule is CCC1CCSS1.CCCCC(=O)O. The molecule has 14 heavy (non-hydrogen) atoms. The van der Waals surface area contributed by atoms with Crippen molar-refractivity contribution in [3.05, 3.63) is 0 Å². The largest absolute Gasteiger partial charge is 0.481 e. The first kappa shape index (κ1) is 14.2. The van der Waals surface area contributed by atoms with Crippen LogP contribution in [-0.2, 0) is 4.79 Å². The molecule has 1 heterocycles. The van der Waals surface area contributed by atoms with E-state index >= 15 is 0 Å². The van der Waals surface area contributed by atoms with E-state index in [0.29, 0.717) is 6.42 Å². The first-order chi connectivity index (χ1) is 6.70. The lowest BCUT2D eigenvalue weighted by Crippen LogP contribution is -1.91. The van der Waals surface area contributed by atoms with Gasteiger partial charge >= 0.3 is 5.97 Å². The van der Waals surface area contributed by atoms with E-state index in [1.54, 1.807) is 0 Å². The van der Waals surface area contributed by atoms with E-state index in [1.165, 1.54) is 18.6 Å². The highest BCUT2D eigenvalue weighted by Gasteiger charge is 2.12. The molecular weight excluding hydrogens is 216 g/mol. The van der Waals surface area contributed by atoms with Gasteiger partial charge in [-0.2, -0.15) is 0 Å². The maximum absolute atomic E-state index is 9.76. The summed E-state index contributed by atoms with van der Waals surface area (Å²) in [5.41, 5.74) is 0. The minimum Gasteiger partial charge on any atom is -0.481 e. The lowest BCUT2D eigenvalue weighted by molar-refractivity contribution is -0.137. The number of carbonyl (C=O) groups is 1. The van der Waals surface area contributed by atoms with Gasteiger partial charge in [0.2, 0.25) is 0 Å². The number of carboxylic acids is 1. The molecule has 1 saturated heterocycles. The van der Waals surface area contributed by atoms with E-state index in [2.05, 4.69) is 17.7 Å². The Morgan fingerprint density at radius 2 is 2.21 bits per heavy atom. The van der Waals surface area contributed by atoms with Gasteiger partial charge in [-0.3, -0.25) is 4.79 Å². The van der Waals surface area contributed by atoms with Crippen molar-refractivity contribution in [1.82, 2.24) is 0 Å². The van der Waals surface area contributed by atoms with Crippen LogP contribution in [-0.4, -0.2) is 22.1 Å². The molecule has 0 amide bonds. The predicted octanol–water partition coefficient (Wildman–Crippen LogP) is 3.81. The molecule has 1 aliphatic rings. The average Bonchev–Trinajstić information content (AvgIpc) is 2.68. The second kappa shape index (κ2) is 9.71. The fraction of sp³-hybridized carbons (Fsp3) is 0.900. The van der Waals surface area contributed by atoms with Crippen LogP contribution in [0.5, 0.6) is 0 Å². The Balaban J connectivity index is 0.000000241. The van der Waals surface area contributed by atoms with Crippen molar-refractivity contribution in [2.24, 2.45) is 0 Å². The highest BCUT2D eigenvalue weighted by atomic mass is 33.1. The highest BCUT2D eigenvalue weighted by molar-refractivity contribution is 8.77. The topological polar surface area (TPSA) is 37.3 Å². The van der Waals surface area contributed by atoms with Crippen LogP contribution in [0.3, 0.4) is 0 Å². The first-order valence-electron chi connectivity index (χ1n) is 5.20. The quantitative estimate of drug-likeness (QED) is 0.753. The van der Waals surface area contributed by atoms with Gasteiger partial charge in [0, 0.05) is 17.4 Å². The van der Waals surface area contributed by atoms with E-state index in [1.807, 2.05) is 17.7 Å². The normalized spacial score (nSPS) is 20.0. The van der Waals surface area contributed by atoms with Crippen LogP contribution in [0.25, 0.3) is 0 Å². The molecule has 2 nitrogen and oxygen atoms in total. The summed E-state index contributed by atoms with van der Waals surface area (Å²) in [4.78, 5) is 9.76. The van der Waals surface area contributed by atoms with Crippen LogP contribution < -0.4 is 0 Å². The molecule has 0 aliphatic carbocycles. The summed E-state index contributed by atoms with van der Waals surface area (Å²) in [6, 6.07) is 0. The van der Waals surface area contributed by atoms with Crippen LogP contribution >= 0.6 is 21.6 Å². The van der Waals surface area contributed by atoms with Crippen LogP contribution in [0, 0.1) is 0 Å². The van der Waals surface area contributed by atoms with E-state index in [4.69, 9.17) is 5.11 Å². The second-order valence-electron chi connectivity index (χ2n) is 3.23. The summed E-state index contributed by atoms with van der Waals surface area (Å²) < 4.78 is 0. The molecule has 0 spiro atoms. The van der Waals surface area contributed by atoms with Crippen LogP contribution in [0.1, 0.15) is 46.0 Å². The Kier molecular flexibility index (Phi) is 9.83. The van der Waals surface area contributed by atoms with Gasteiger partial charge in [0.25, 0.3) is 0 Å². The van der Waals surface area contributed by atoms with Gasteiger partial charge in [0.1, 0.15) is 0 Å². The zero-order valence-electron chi connectivity index (χ0n) is 8.99. The Morgan fingerprint density at radius 1 is 1.50 bits per heavy atom. The van der Waals surface area contributed by atoms with Crippen molar-refractivity contribution in [3.63, 3.8) is 0 Å². The van der Waals surface area contributed by atoms with Gasteiger partial charge in [-0.15, -0.1) is 0 Å². The number of hydrogen-bond acceptors (Lipinski definition) is 3. The van der Waals surface area contributed by atoms with Crippen LogP contribution in [0.15, 0.2) is 0 Å². The number of hydrogen-bond donors (Lipinski definition) is 1. The van der Waals surface area contributed by atoms with Crippen molar-refractivity contribution < 1.29 is 9.90 Å². The van der Waals surface area contributed by atoms with Crippen molar-refractivity contribution in [2.75, 3.05) is 5.75 Å². The molecule has 0 saturated carbocycles. The molecule has 1 unspecified atom stereocenters. The lowest BCUT2D eigenvalue weighted by atomic mass is 10.3. The predicted molar refractivity (Wildman–Crippen MR) is 65.9 cm³/mol. The van der Waals surface area contributed by atoms with E-state index in [0.717, 1.165) is 18.1 Å². The van der Waals surface area contributed by atoms with Crippen molar-refractivity contribution in [2.45, 2.75) is 51.2 Å². The number of unbranched alkanes of at least 4 members (excludes halogenated alkanes) is 1. The summed E-state index contributed by atoms with van der Waals surface area (Å²) in [6.07, 6.45) is 4.88. The van der Waals surface area contributed by atoms with Gasteiger partial charge in [0.05, 0.1) is 0 Å². The van der Waals surface area contributed by atoms with Crippen LogP contribution in [0.4, 0.5) is 0 Å². The minimum absolute atomic E-state index is 0.316. The molecular formula is C10H20O2S2. The second-order valence-corrected chi connectivity index (χ2v) is 6.02. The van der Waals surface area contributed by atoms with Crippen molar-refractivity contribution in [3.8, 4) is 0 Å². The number of aliphatic carboxylic acids is 1. The average molecular weight is 236 g/mol. The third kappa shape index (κ3) is 8.75. The summed E-state index contributed by atoms with van der Waals surface area (Å²) in [6.45, 7) is 4.24. The highest BCUT2D eigenvalue weighted by Crippen LogP contribution is 2.38. The van der Waals surface area contributed by atoms with E-state index < -0.39 is 5.97 Å². The third-order valence-electron chi connectivity index (χ3n) is 1.93. The Bertz CT molecular complexity index is 145. The molecule has 1 N–H and O–H groups in total. The van der Waals surface area contributed by atoms with Crippen LogP contribution in [0.2, 0.25) is 0 Å². The summed E-state index contributed by atoms with van der Waals surface area (Å²) >= 11 is 0. The molecule has 4 heteroatoms. The standard InChI is InChI=1S/C5H10O2.C5H10S2/c1-2-3-4-5(6)7;1-2-5-3-4-6-7-5/h2-4H2,1H3,(H,6,7);5H,2-4H2,1H3. The molecule has 0 aromatic carbocycles. The van der Waals surface area contributed by atoms with Crippen molar-refractivity contribution >= 4 is 27.6 Å². The molecule has 0 aromatic heterocycles. The van der Waals surface area contributed by atoms with Crippen molar-refractivity contribution in [1.29, 1.82) is 0 Å². The summed E-state index contributed by atoms with van der Waals surface area (Å²) in [5, 5.41) is 9.02. The summed E-state index contributed by atoms with van der Waals surface area (Å²) in [5.74, 6) is 0.685. The van der Waals surface area contributed by atoms with Gasteiger partial charge in [0.15, 0.2) is 0 Å². The van der Waals surface area contributed by atoms with E-state index in [9.17, 15) is 4.79 Å². The number of carboxylic acid groups (broad SMARTS) is 1. The third-order valence-corrected chi connectivity index (χ3v) is 5.03. The fourth-order valence-corrected chi connectivity index (χ4v) is 3.99. The van der Waals surface area contributed by atoms with E-state index in [-0.39, 0.29) is 0 Å². The van der Waals surface area contributed by atoms with Gasteiger partial charge < -0.3 is 5.11 Å². The van der Waals surface area contributed by atoms with Gasteiger partial charge in [-0.25, -0.2) is 0 Å². The Hall–Kier alpha value is 0.170. The maximum atomic E-state index is 9.76. The molecule has 1 atom stereocenters. The lowest BCUT2D eigenvalue weighted by Gasteiger charge is -1.97. The Labute approximate surface area is 94.6 Å². The molecule has 0 bridgehead atoms. The monoisotopic (exact) mass is 236 g/mol. The van der Waals surface area contributed by atoms with Gasteiger partial charge in [-0.1, -0.05) is 41.9 Å². The molecule has 0 aromatic rings. The molecule has 1 rings (SSSR count). The fourth-order valence-electron chi connectivity index (χ4n) is 0.972. The maximum Gasteiger partial charge on any atom is 0.303 e. The van der Waals surface area contributed by atoms with Gasteiger partial charge in [-0.05, 0) is 19.3 Å². The minimum atomic E-state index is -0.693. The zero-order chi connectivity index (χ0) is 10.8. The number of rotatable bonds is 4. The molecule has 1 aliphatic heterocycles. The molecule has 84 valence electrons. The summed E-state index contributed by atoms with van der Waals surface area (Å²) in [7, 11) is 4.08. The smallest absolute Gasteiger partial charge is 0.303 e. The zero-order valence-corrected chi connectivity index (χ0v) is 10.6. The molecule has 0 radical (unpaired) electrons.